The molecule has 4 heteroatoms. The summed E-state index contributed by atoms with van der Waals surface area (Å²) in [6, 6.07) is 16.3. The highest BCUT2D eigenvalue weighted by molar-refractivity contribution is 6.32. The van der Waals surface area contributed by atoms with Crippen molar-refractivity contribution >= 4 is 23.0 Å². The second-order valence-electron chi connectivity index (χ2n) is 3.59. The Morgan fingerprint density at radius 2 is 1.67 bits per heavy atom. The van der Waals surface area contributed by atoms with Crippen molar-refractivity contribution in [2.24, 2.45) is 0 Å². The number of nitrogens with zero attached hydrogens (tertiary/aromatic N) is 2. The zero-order chi connectivity index (χ0) is 13.0. The van der Waals surface area contributed by atoms with Crippen molar-refractivity contribution in [3.63, 3.8) is 0 Å². The molecule has 0 fully saturated rings. The summed E-state index contributed by atoms with van der Waals surface area (Å²) in [6.07, 6.45) is 0. The first kappa shape index (κ1) is 12.0. The summed E-state index contributed by atoms with van der Waals surface area (Å²) < 4.78 is 0. The Labute approximate surface area is 110 Å². The van der Waals surface area contributed by atoms with Gasteiger partial charge in [0, 0.05) is 5.69 Å². The fourth-order valence-corrected chi connectivity index (χ4v) is 1.75. The van der Waals surface area contributed by atoms with Gasteiger partial charge in [-0.1, -0.05) is 23.7 Å². The van der Waals surface area contributed by atoms with Crippen LogP contribution in [0.5, 0.6) is 0 Å². The van der Waals surface area contributed by atoms with Crippen molar-refractivity contribution in [3.8, 4) is 12.1 Å². The number of nitrogens with one attached hydrogen (secondary N) is 1. The van der Waals surface area contributed by atoms with E-state index in [1.165, 1.54) is 0 Å². The molecule has 0 aliphatic rings. The van der Waals surface area contributed by atoms with Crippen LogP contribution in [0.1, 0.15) is 11.1 Å². The average Bonchev–Trinajstić information content (AvgIpc) is 2.39. The topological polar surface area (TPSA) is 59.6 Å². The summed E-state index contributed by atoms with van der Waals surface area (Å²) in [6.45, 7) is 0. The lowest BCUT2D eigenvalue weighted by atomic mass is 10.1. The van der Waals surface area contributed by atoms with E-state index in [1.807, 2.05) is 18.2 Å². The second-order valence-corrected chi connectivity index (χ2v) is 4.00. The minimum absolute atomic E-state index is 0.386. The minimum atomic E-state index is 0.386. The molecule has 3 nitrogen and oxygen atoms in total. The Morgan fingerprint density at radius 3 is 2.33 bits per heavy atom. The van der Waals surface area contributed by atoms with Crippen LogP contribution in [0.25, 0.3) is 0 Å². The van der Waals surface area contributed by atoms with E-state index in [0.29, 0.717) is 21.8 Å². The lowest BCUT2D eigenvalue weighted by Crippen LogP contribution is -1.93. The molecule has 0 heterocycles. The number of hydrogen-bond acceptors (Lipinski definition) is 3. The number of para-hydroxylation sites is 1. The molecule has 0 aliphatic heterocycles. The van der Waals surface area contributed by atoms with Crippen LogP contribution in [-0.4, -0.2) is 0 Å². The SMILES string of the molecule is N#Cc1ccc(Nc2ccccc2C#N)cc1Cl. The van der Waals surface area contributed by atoms with Gasteiger partial charge in [0.1, 0.15) is 12.1 Å². The first-order chi connectivity index (χ1) is 8.74. The summed E-state index contributed by atoms with van der Waals surface area (Å²) in [7, 11) is 0. The van der Waals surface area contributed by atoms with E-state index in [0.717, 1.165) is 5.69 Å². The fraction of sp³-hybridized carbons (Fsp3) is 0. The Hall–Kier alpha value is -2.49. The fourth-order valence-electron chi connectivity index (χ4n) is 1.53. The van der Waals surface area contributed by atoms with E-state index in [1.54, 1.807) is 30.3 Å². The molecule has 0 amide bonds. The van der Waals surface area contributed by atoms with Crippen LogP contribution < -0.4 is 5.32 Å². The van der Waals surface area contributed by atoms with E-state index in [4.69, 9.17) is 22.1 Å². The quantitative estimate of drug-likeness (QED) is 0.885. The summed E-state index contributed by atoms with van der Waals surface area (Å²) in [5, 5.41) is 21.2. The molecule has 0 unspecified atom stereocenters. The van der Waals surface area contributed by atoms with Gasteiger partial charge in [0.2, 0.25) is 0 Å². The van der Waals surface area contributed by atoms with Gasteiger partial charge in [-0.05, 0) is 30.3 Å². The van der Waals surface area contributed by atoms with Crippen LogP contribution in [0.3, 0.4) is 0 Å². The van der Waals surface area contributed by atoms with Crippen LogP contribution >= 0.6 is 11.6 Å². The highest BCUT2D eigenvalue weighted by Crippen LogP contribution is 2.24. The lowest BCUT2D eigenvalue weighted by Gasteiger charge is -2.08. The first-order valence-corrected chi connectivity index (χ1v) is 5.58. The smallest absolute Gasteiger partial charge is 0.101 e. The molecule has 86 valence electrons. The van der Waals surface area contributed by atoms with Crippen LogP contribution in [0.4, 0.5) is 11.4 Å². The molecule has 0 bridgehead atoms. The molecule has 18 heavy (non-hydrogen) atoms. The molecule has 0 aromatic heterocycles. The Morgan fingerprint density at radius 1 is 0.944 bits per heavy atom. The number of halogens is 1. The van der Waals surface area contributed by atoms with Crippen molar-refractivity contribution < 1.29 is 0 Å². The third-order valence-corrected chi connectivity index (χ3v) is 2.73. The predicted octanol–water partition coefficient (Wildman–Crippen LogP) is 3.83. The maximum Gasteiger partial charge on any atom is 0.101 e. The van der Waals surface area contributed by atoms with Crippen molar-refractivity contribution in [2.45, 2.75) is 0 Å². The lowest BCUT2D eigenvalue weighted by molar-refractivity contribution is 1.45. The van der Waals surface area contributed by atoms with E-state index < -0.39 is 0 Å². The third-order valence-electron chi connectivity index (χ3n) is 2.42. The minimum Gasteiger partial charge on any atom is -0.354 e. The zero-order valence-electron chi connectivity index (χ0n) is 9.31. The van der Waals surface area contributed by atoms with Crippen LogP contribution in [-0.2, 0) is 0 Å². The third kappa shape index (κ3) is 2.43. The van der Waals surface area contributed by atoms with Crippen molar-refractivity contribution in [1.29, 1.82) is 10.5 Å². The largest absolute Gasteiger partial charge is 0.354 e. The standard InChI is InChI=1S/C14H8ClN3/c15-13-7-12(6-5-10(13)8-16)18-14-4-2-1-3-11(14)9-17/h1-7,18H. The van der Waals surface area contributed by atoms with Crippen LogP contribution in [0.2, 0.25) is 5.02 Å². The average molecular weight is 254 g/mol. The molecule has 1 N–H and O–H groups in total. The second kappa shape index (κ2) is 5.23. The Bertz CT molecular complexity index is 665. The monoisotopic (exact) mass is 253 g/mol. The van der Waals surface area contributed by atoms with E-state index in [-0.39, 0.29) is 0 Å². The van der Waals surface area contributed by atoms with Gasteiger partial charge in [0.15, 0.2) is 0 Å². The van der Waals surface area contributed by atoms with Crippen LogP contribution in [0.15, 0.2) is 42.5 Å². The number of anilines is 2. The molecule has 0 spiro atoms. The maximum atomic E-state index is 8.97. The molecular formula is C14H8ClN3. The Balaban J connectivity index is 2.33. The van der Waals surface area contributed by atoms with Gasteiger partial charge in [-0.15, -0.1) is 0 Å². The summed E-state index contributed by atoms with van der Waals surface area (Å²) >= 11 is 5.94. The highest BCUT2D eigenvalue weighted by Gasteiger charge is 2.04. The number of rotatable bonds is 2. The number of hydrogen-bond donors (Lipinski definition) is 1. The predicted molar refractivity (Wildman–Crippen MR) is 70.6 cm³/mol. The molecule has 0 saturated heterocycles. The molecule has 2 aromatic carbocycles. The molecule has 2 rings (SSSR count). The van der Waals surface area contributed by atoms with Crippen LogP contribution in [0, 0.1) is 22.7 Å². The van der Waals surface area contributed by atoms with Gasteiger partial charge in [-0.25, -0.2) is 0 Å². The summed E-state index contributed by atoms with van der Waals surface area (Å²) in [5.74, 6) is 0. The van der Waals surface area contributed by atoms with Gasteiger partial charge in [-0.2, -0.15) is 10.5 Å². The van der Waals surface area contributed by atoms with Gasteiger partial charge < -0.3 is 5.32 Å². The van der Waals surface area contributed by atoms with Gasteiger partial charge in [0.25, 0.3) is 0 Å². The molecular weight excluding hydrogens is 246 g/mol. The van der Waals surface area contributed by atoms with Gasteiger partial charge in [-0.3, -0.25) is 0 Å². The molecule has 2 aromatic rings. The normalized spacial score (nSPS) is 9.28. The van der Waals surface area contributed by atoms with E-state index in [9.17, 15) is 0 Å². The molecule has 0 aliphatic carbocycles. The molecule has 0 saturated carbocycles. The van der Waals surface area contributed by atoms with E-state index >= 15 is 0 Å². The van der Waals surface area contributed by atoms with Gasteiger partial charge in [0.05, 0.1) is 21.8 Å². The number of nitriles is 2. The maximum absolute atomic E-state index is 8.97. The van der Waals surface area contributed by atoms with Crippen molar-refractivity contribution in [2.75, 3.05) is 5.32 Å². The first-order valence-electron chi connectivity index (χ1n) is 5.20. The molecule has 0 atom stereocenters. The Kier molecular flexibility index (Phi) is 3.48. The summed E-state index contributed by atoms with van der Waals surface area (Å²) in [5.41, 5.74) is 2.43. The van der Waals surface area contributed by atoms with E-state index in [2.05, 4.69) is 11.4 Å². The zero-order valence-corrected chi connectivity index (χ0v) is 10.1. The van der Waals surface area contributed by atoms with Crippen molar-refractivity contribution in [1.82, 2.24) is 0 Å². The highest BCUT2D eigenvalue weighted by atomic mass is 35.5. The van der Waals surface area contributed by atoms with Crippen molar-refractivity contribution in [3.05, 3.63) is 58.6 Å². The van der Waals surface area contributed by atoms with Gasteiger partial charge >= 0.3 is 0 Å². The molecule has 0 radical (unpaired) electrons. The summed E-state index contributed by atoms with van der Waals surface area (Å²) in [4.78, 5) is 0. The number of benzene rings is 2.